The summed E-state index contributed by atoms with van der Waals surface area (Å²) in [6.07, 6.45) is 1.80. The van der Waals surface area contributed by atoms with Crippen LogP contribution in [0, 0.1) is 0 Å². The number of aliphatic hydroxyl groups is 1. The van der Waals surface area contributed by atoms with Crippen molar-refractivity contribution < 1.29 is 9.84 Å². The first-order valence-corrected chi connectivity index (χ1v) is 4.91. The molecule has 0 aromatic carbocycles. The Morgan fingerprint density at radius 2 is 2.08 bits per heavy atom. The van der Waals surface area contributed by atoms with Gasteiger partial charge in [-0.25, -0.2) is 0 Å². The third-order valence-corrected chi connectivity index (χ3v) is 2.18. The largest absolute Gasteiger partial charge is 0.396 e. The standard InChI is InChI=1S/C10H23NO2/c1-9(11-6-5-7-12)8-10(2,3)13-4/h9,11-12H,5-8H2,1-4H3. The molecule has 2 N–H and O–H groups in total. The summed E-state index contributed by atoms with van der Waals surface area (Å²) in [5.74, 6) is 0. The van der Waals surface area contributed by atoms with E-state index >= 15 is 0 Å². The summed E-state index contributed by atoms with van der Waals surface area (Å²) in [7, 11) is 1.74. The van der Waals surface area contributed by atoms with Crippen LogP contribution in [0.4, 0.5) is 0 Å². The molecule has 0 aliphatic heterocycles. The number of hydrogen-bond acceptors (Lipinski definition) is 3. The summed E-state index contributed by atoms with van der Waals surface area (Å²) in [6.45, 7) is 7.43. The molecule has 80 valence electrons. The van der Waals surface area contributed by atoms with Crippen molar-refractivity contribution in [3.05, 3.63) is 0 Å². The molecular weight excluding hydrogens is 166 g/mol. The fourth-order valence-electron chi connectivity index (χ4n) is 1.32. The molecule has 1 atom stereocenters. The third kappa shape index (κ3) is 6.99. The zero-order chi connectivity index (χ0) is 10.3. The van der Waals surface area contributed by atoms with Crippen molar-refractivity contribution in [2.24, 2.45) is 0 Å². The molecule has 0 amide bonds. The smallest absolute Gasteiger partial charge is 0.0637 e. The molecule has 0 rings (SSSR count). The van der Waals surface area contributed by atoms with Crippen LogP contribution in [0.5, 0.6) is 0 Å². The Labute approximate surface area is 81.5 Å². The lowest BCUT2D eigenvalue weighted by atomic mass is 10.00. The maximum atomic E-state index is 8.59. The molecule has 0 saturated carbocycles. The van der Waals surface area contributed by atoms with Crippen molar-refractivity contribution >= 4 is 0 Å². The molecule has 3 heteroatoms. The third-order valence-electron chi connectivity index (χ3n) is 2.18. The van der Waals surface area contributed by atoms with Crippen LogP contribution >= 0.6 is 0 Å². The predicted molar refractivity (Wildman–Crippen MR) is 54.9 cm³/mol. The van der Waals surface area contributed by atoms with E-state index in [0.717, 1.165) is 19.4 Å². The van der Waals surface area contributed by atoms with E-state index in [9.17, 15) is 0 Å². The van der Waals surface area contributed by atoms with Crippen molar-refractivity contribution in [2.75, 3.05) is 20.3 Å². The van der Waals surface area contributed by atoms with Gasteiger partial charge in [-0.3, -0.25) is 0 Å². The second-order valence-electron chi connectivity index (χ2n) is 4.10. The number of hydrogen-bond donors (Lipinski definition) is 2. The van der Waals surface area contributed by atoms with Gasteiger partial charge in [-0.05, 0) is 40.2 Å². The molecule has 0 spiro atoms. The Morgan fingerprint density at radius 1 is 1.46 bits per heavy atom. The zero-order valence-electron chi connectivity index (χ0n) is 9.26. The topological polar surface area (TPSA) is 41.5 Å². The van der Waals surface area contributed by atoms with Gasteiger partial charge in [0.1, 0.15) is 0 Å². The van der Waals surface area contributed by atoms with Crippen LogP contribution in [0.1, 0.15) is 33.6 Å². The van der Waals surface area contributed by atoms with E-state index in [4.69, 9.17) is 9.84 Å². The van der Waals surface area contributed by atoms with Crippen molar-refractivity contribution in [1.29, 1.82) is 0 Å². The van der Waals surface area contributed by atoms with Crippen LogP contribution in [0.15, 0.2) is 0 Å². The van der Waals surface area contributed by atoms with E-state index in [1.807, 2.05) is 0 Å². The molecule has 0 aromatic rings. The summed E-state index contributed by atoms with van der Waals surface area (Å²) >= 11 is 0. The minimum Gasteiger partial charge on any atom is -0.396 e. The molecule has 0 aliphatic rings. The van der Waals surface area contributed by atoms with Gasteiger partial charge < -0.3 is 15.2 Å². The SMILES string of the molecule is COC(C)(C)CC(C)NCCCO. The quantitative estimate of drug-likeness (QED) is 0.591. The van der Waals surface area contributed by atoms with Crippen molar-refractivity contribution in [1.82, 2.24) is 5.32 Å². The predicted octanol–water partition coefficient (Wildman–Crippen LogP) is 1.16. The van der Waals surface area contributed by atoms with E-state index in [-0.39, 0.29) is 12.2 Å². The minimum absolute atomic E-state index is 0.0639. The number of rotatable bonds is 7. The van der Waals surface area contributed by atoms with Gasteiger partial charge in [0.2, 0.25) is 0 Å². The van der Waals surface area contributed by atoms with E-state index in [1.165, 1.54) is 0 Å². The van der Waals surface area contributed by atoms with Crippen molar-refractivity contribution in [2.45, 2.75) is 45.3 Å². The van der Waals surface area contributed by atoms with Crippen LogP contribution in [0.3, 0.4) is 0 Å². The van der Waals surface area contributed by atoms with Gasteiger partial charge in [-0.1, -0.05) is 0 Å². The highest BCUT2D eigenvalue weighted by Crippen LogP contribution is 2.14. The van der Waals surface area contributed by atoms with Crippen molar-refractivity contribution in [3.8, 4) is 0 Å². The number of nitrogens with one attached hydrogen (secondary N) is 1. The Morgan fingerprint density at radius 3 is 2.54 bits per heavy atom. The molecule has 13 heavy (non-hydrogen) atoms. The first-order chi connectivity index (χ1) is 6.02. The van der Waals surface area contributed by atoms with Crippen LogP contribution in [0.2, 0.25) is 0 Å². The first-order valence-electron chi connectivity index (χ1n) is 4.91. The summed E-state index contributed by atoms with van der Waals surface area (Å²) in [4.78, 5) is 0. The van der Waals surface area contributed by atoms with E-state index < -0.39 is 0 Å². The molecule has 1 unspecified atom stereocenters. The van der Waals surface area contributed by atoms with Crippen LogP contribution in [-0.2, 0) is 4.74 Å². The Balaban J connectivity index is 3.55. The Kier molecular flexibility index (Phi) is 6.29. The van der Waals surface area contributed by atoms with Crippen LogP contribution in [-0.4, -0.2) is 37.0 Å². The molecule has 0 radical (unpaired) electrons. The lowest BCUT2D eigenvalue weighted by Gasteiger charge is -2.27. The molecular formula is C10H23NO2. The number of aliphatic hydroxyl groups excluding tert-OH is 1. The molecule has 0 fully saturated rings. The highest BCUT2D eigenvalue weighted by atomic mass is 16.5. The summed E-state index contributed by atoms with van der Waals surface area (Å²) < 4.78 is 5.33. The molecule has 0 aliphatic carbocycles. The van der Waals surface area contributed by atoms with E-state index in [2.05, 4.69) is 26.1 Å². The maximum Gasteiger partial charge on any atom is 0.0637 e. The normalized spacial score (nSPS) is 14.5. The summed E-state index contributed by atoms with van der Waals surface area (Å²) in [5, 5.41) is 11.9. The van der Waals surface area contributed by atoms with Gasteiger partial charge in [0.25, 0.3) is 0 Å². The van der Waals surface area contributed by atoms with Gasteiger partial charge in [-0.15, -0.1) is 0 Å². The van der Waals surface area contributed by atoms with Gasteiger partial charge in [-0.2, -0.15) is 0 Å². The average molecular weight is 189 g/mol. The molecule has 0 heterocycles. The minimum atomic E-state index is -0.0639. The lowest BCUT2D eigenvalue weighted by molar-refractivity contribution is 0.00854. The monoisotopic (exact) mass is 189 g/mol. The second-order valence-corrected chi connectivity index (χ2v) is 4.10. The van der Waals surface area contributed by atoms with Gasteiger partial charge in [0, 0.05) is 19.8 Å². The number of ether oxygens (including phenoxy) is 1. The highest BCUT2D eigenvalue weighted by molar-refractivity contribution is 4.75. The fourth-order valence-corrected chi connectivity index (χ4v) is 1.32. The second kappa shape index (κ2) is 6.35. The van der Waals surface area contributed by atoms with Gasteiger partial charge in [0.15, 0.2) is 0 Å². The molecule has 0 aromatic heterocycles. The highest BCUT2D eigenvalue weighted by Gasteiger charge is 2.19. The lowest BCUT2D eigenvalue weighted by Crippen LogP contribution is -2.36. The fraction of sp³-hybridized carbons (Fsp3) is 1.00. The van der Waals surface area contributed by atoms with Crippen LogP contribution < -0.4 is 5.32 Å². The maximum absolute atomic E-state index is 8.59. The number of methoxy groups -OCH3 is 1. The first kappa shape index (κ1) is 12.9. The summed E-state index contributed by atoms with van der Waals surface area (Å²) in [6, 6.07) is 0.432. The molecule has 0 bridgehead atoms. The van der Waals surface area contributed by atoms with Gasteiger partial charge in [0.05, 0.1) is 5.60 Å². The van der Waals surface area contributed by atoms with Gasteiger partial charge >= 0.3 is 0 Å². The average Bonchev–Trinajstić information content (AvgIpc) is 2.04. The Bertz CT molecular complexity index is 126. The molecule has 0 saturated heterocycles. The van der Waals surface area contributed by atoms with E-state index in [1.54, 1.807) is 7.11 Å². The van der Waals surface area contributed by atoms with Crippen molar-refractivity contribution in [3.63, 3.8) is 0 Å². The zero-order valence-corrected chi connectivity index (χ0v) is 9.26. The Hall–Kier alpha value is -0.120. The summed E-state index contributed by atoms with van der Waals surface area (Å²) in [5.41, 5.74) is -0.0639. The van der Waals surface area contributed by atoms with Crippen LogP contribution in [0.25, 0.3) is 0 Å². The molecule has 3 nitrogen and oxygen atoms in total. The van der Waals surface area contributed by atoms with E-state index in [0.29, 0.717) is 6.04 Å².